The summed E-state index contributed by atoms with van der Waals surface area (Å²) in [5.41, 5.74) is 3.02. The number of carbonyl (C=O) groups excluding carboxylic acids is 3. The van der Waals surface area contributed by atoms with Gasteiger partial charge in [0, 0.05) is 31.0 Å². The van der Waals surface area contributed by atoms with Gasteiger partial charge in [0.05, 0.1) is 11.6 Å². The van der Waals surface area contributed by atoms with Crippen LogP contribution in [0.2, 0.25) is 0 Å². The molecule has 1 fully saturated rings. The van der Waals surface area contributed by atoms with E-state index in [1.807, 2.05) is 17.5 Å². The molecule has 3 rings (SSSR count). The fourth-order valence-corrected chi connectivity index (χ4v) is 4.08. The molecule has 0 saturated carbocycles. The number of amides is 2. The van der Waals surface area contributed by atoms with Crippen LogP contribution >= 0.6 is 11.3 Å². The number of aryl methyl sites for hydroxylation is 1. The quantitative estimate of drug-likeness (QED) is 0.710. The summed E-state index contributed by atoms with van der Waals surface area (Å²) in [4.78, 5) is 42.5. The van der Waals surface area contributed by atoms with Crippen molar-refractivity contribution in [2.75, 3.05) is 18.4 Å². The van der Waals surface area contributed by atoms with Gasteiger partial charge in [-0.15, -0.1) is 11.3 Å². The zero-order chi connectivity index (χ0) is 21.7. The Morgan fingerprint density at radius 1 is 1.30 bits per heavy atom. The van der Waals surface area contributed by atoms with Crippen molar-refractivity contribution in [3.8, 4) is 11.3 Å². The summed E-state index contributed by atoms with van der Waals surface area (Å²) in [7, 11) is 0. The fourth-order valence-electron chi connectivity index (χ4n) is 3.36. The zero-order valence-electron chi connectivity index (χ0n) is 17.5. The molecule has 1 aliphatic rings. The minimum Gasteiger partial charge on any atom is -0.452 e. The van der Waals surface area contributed by atoms with Gasteiger partial charge in [0.15, 0.2) is 11.2 Å². The smallest absolute Gasteiger partial charge is 0.311 e. The molecule has 2 amide bonds. The highest BCUT2D eigenvalue weighted by Crippen LogP contribution is 2.25. The van der Waals surface area contributed by atoms with E-state index in [1.54, 1.807) is 4.90 Å². The third kappa shape index (κ3) is 5.44. The van der Waals surface area contributed by atoms with E-state index in [9.17, 15) is 14.4 Å². The summed E-state index contributed by atoms with van der Waals surface area (Å²) in [5, 5.41) is 5.05. The van der Waals surface area contributed by atoms with Crippen LogP contribution in [0, 0.1) is 5.92 Å². The standard InChI is InChI=1S/C22H27N3O4S/c1-4-16-7-9-17(10-8-16)19-13-30-22(23-19)24-20(27)14(2)29-21(28)18-6-5-11-25(12-18)15(3)26/h7-10,13-14,18H,4-6,11-12H2,1-3H3,(H,23,24,27). The second-order valence-electron chi connectivity index (χ2n) is 7.46. The molecule has 2 atom stereocenters. The maximum Gasteiger partial charge on any atom is 0.311 e. The van der Waals surface area contributed by atoms with E-state index in [-0.39, 0.29) is 5.91 Å². The number of likely N-dealkylation sites (tertiary alicyclic amines) is 1. The van der Waals surface area contributed by atoms with Crippen LogP contribution in [0.4, 0.5) is 5.13 Å². The average molecular weight is 430 g/mol. The van der Waals surface area contributed by atoms with E-state index < -0.39 is 23.9 Å². The number of nitrogens with one attached hydrogen (secondary N) is 1. The van der Waals surface area contributed by atoms with Crippen LogP contribution in [0.15, 0.2) is 29.6 Å². The summed E-state index contributed by atoms with van der Waals surface area (Å²) >= 11 is 1.32. The summed E-state index contributed by atoms with van der Waals surface area (Å²) in [6.07, 6.45) is 1.44. The van der Waals surface area contributed by atoms with Crippen LogP contribution in [0.25, 0.3) is 11.3 Å². The van der Waals surface area contributed by atoms with Crippen molar-refractivity contribution in [1.29, 1.82) is 0 Å². The van der Waals surface area contributed by atoms with Gasteiger partial charge in [-0.3, -0.25) is 19.7 Å². The van der Waals surface area contributed by atoms with Gasteiger partial charge in [0.1, 0.15) is 0 Å². The van der Waals surface area contributed by atoms with E-state index in [2.05, 4.69) is 29.4 Å². The molecule has 0 spiro atoms. The second-order valence-corrected chi connectivity index (χ2v) is 8.32. The number of hydrogen-bond donors (Lipinski definition) is 1. The van der Waals surface area contributed by atoms with Crippen molar-refractivity contribution in [3.63, 3.8) is 0 Å². The Bertz CT molecular complexity index is 909. The van der Waals surface area contributed by atoms with E-state index in [0.717, 1.165) is 24.1 Å². The van der Waals surface area contributed by atoms with Gasteiger partial charge in [0.25, 0.3) is 5.91 Å². The Labute approximate surface area is 180 Å². The van der Waals surface area contributed by atoms with Crippen molar-refractivity contribution in [2.45, 2.75) is 46.1 Å². The highest BCUT2D eigenvalue weighted by atomic mass is 32.1. The highest BCUT2D eigenvalue weighted by molar-refractivity contribution is 7.14. The minimum atomic E-state index is -0.943. The first-order chi connectivity index (χ1) is 14.4. The monoisotopic (exact) mass is 429 g/mol. The molecule has 2 heterocycles. The first kappa shape index (κ1) is 22.0. The van der Waals surface area contributed by atoms with Crippen LogP contribution in [0.3, 0.4) is 0 Å². The van der Waals surface area contributed by atoms with Crippen molar-refractivity contribution < 1.29 is 19.1 Å². The predicted molar refractivity (Wildman–Crippen MR) is 116 cm³/mol. The van der Waals surface area contributed by atoms with Crippen LogP contribution in [-0.4, -0.2) is 46.9 Å². The molecule has 7 nitrogen and oxygen atoms in total. The van der Waals surface area contributed by atoms with Gasteiger partial charge in [-0.1, -0.05) is 31.2 Å². The molecule has 0 aliphatic carbocycles. The second kappa shape index (κ2) is 9.84. The first-order valence-corrected chi connectivity index (χ1v) is 11.1. The third-order valence-corrected chi connectivity index (χ3v) is 6.01. The van der Waals surface area contributed by atoms with Crippen LogP contribution in [0.5, 0.6) is 0 Å². The highest BCUT2D eigenvalue weighted by Gasteiger charge is 2.30. The molecule has 1 aromatic carbocycles. The summed E-state index contributed by atoms with van der Waals surface area (Å²) in [5.74, 6) is -1.32. The number of rotatable bonds is 6. The molecule has 8 heteroatoms. The topological polar surface area (TPSA) is 88.6 Å². The minimum absolute atomic E-state index is 0.0535. The maximum absolute atomic E-state index is 12.4. The number of carbonyl (C=O) groups is 3. The van der Waals surface area contributed by atoms with Crippen molar-refractivity contribution in [3.05, 3.63) is 35.2 Å². The Morgan fingerprint density at radius 2 is 2.03 bits per heavy atom. The lowest BCUT2D eigenvalue weighted by atomic mass is 9.98. The largest absolute Gasteiger partial charge is 0.452 e. The number of aromatic nitrogens is 1. The Hall–Kier alpha value is -2.74. The molecule has 1 aromatic heterocycles. The van der Waals surface area contributed by atoms with Gasteiger partial charge in [-0.05, 0) is 31.7 Å². The molecule has 2 unspecified atom stereocenters. The number of hydrogen-bond acceptors (Lipinski definition) is 6. The molecule has 1 saturated heterocycles. The Morgan fingerprint density at radius 3 is 2.70 bits per heavy atom. The number of esters is 1. The summed E-state index contributed by atoms with van der Waals surface area (Å²) in [6, 6.07) is 8.15. The lowest BCUT2D eigenvalue weighted by molar-refractivity contribution is -0.159. The predicted octanol–water partition coefficient (Wildman–Crippen LogP) is 3.50. The average Bonchev–Trinajstić information content (AvgIpc) is 3.22. The molecule has 160 valence electrons. The number of piperidine rings is 1. The van der Waals surface area contributed by atoms with Crippen LogP contribution in [-0.2, 0) is 25.5 Å². The van der Waals surface area contributed by atoms with E-state index in [1.165, 1.54) is 30.7 Å². The molecule has 30 heavy (non-hydrogen) atoms. The molecule has 1 N–H and O–H groups in total. The van der Waals surface area contributed by atoms with Crippen LogP contribution < -0.4 is 5.32 Å². The molecular formula is C22H27N3O4S. The van der Waals surface area contributed by atoms with Crippen molar-refractivity contribution in [1.82, 2.24) is 9.88 Å². The Kier molecular flexibility index (Phi) is 7.20. The number of ether oxygens (including phenoxy) is 1. The van der Waals surface area contributed by atoms with Gasteiger partial charge in [0.2, 0.25) is 5.91 Å². The molecule has 1 aliphatic heterocycles. The van der Waals surface area contributed by atoms with Crippen molar-refractivity contribution >= 4 is 34.3 Å². The molecular weight excluding hydrogens is 402 g/mol. The first-order valence-electron chi connectivity index (χ1n) is 10.2. The molecule has 0 bridgehead atoms. The number of thiazole rings is 1. The molecule has 2 aromatic rings. The van der Waals surface area contributed by atoms with E-state index in [4.69, 9.17) is 4.74 Å². The fraction of sp³-hybridized carbons (Fsp3) is 0.455. The van der Waals surface area contributed by atoms with Gasteiger partial charge >= 0.3 is 5.97 Å². The third-order valence-electron chi connectivity index (χ3n) is 5.25. The number of anilines is 1. The summed E-state index contributed by atoms with van der Waals surface area (Å²) in [6.45, 7) is 6.13. The SMILES string of the molecule is CCc1ccc(-c2csc(NC(=O)C(C)OC(=O)C3CCCN(C(C)=O)C3)n2)cc1. The lowest BCUT2D eigenvalue weighted by Crippen LogP contribution is -2.43. The molecule has 0 radical (unpaired) electrons. The zero-order valence-corrected chi connectivity index (χ0v) is 18.3. The normalized spacial score (nSPS) is 17.3. The van der Waals surface area contributed by atoms with Crippen LogP contribution in [0.1, 0.15) is 39.2 Å². The number of benzene rings is 1. The van der Waals surface area contributed by atoms with Gasteiger partial charge in [-0.25, -0.2) is 4.98 Å². The lowest BCUT2D eigenvalue weighted by Gasteiger charge is -2.31. The maximum atomic E-state index is 12.4. The van der Waals surface area contributed by atoms with E-state index in [0.29, 0.717) is 24.6 Å². The van der Waals surface area contributed by atoms with Gasteiger partial charge in [-0.2, -0.15) is 0 Å². The summed E-state index contributed by atoms with van der Waals surface area (Å²) < 4.78 is 5.36. The Balaban J connectivity index is 1.54. The van der Waals surface area contributed by atoms with Crippen molar-refractivity contribution in [2.24, 2.45) is 5.92 Å². The number of nitrogens with zero attached hydrogens (tertiary/aromatic N) is 2. The van der Waals surface area contributed by atoms with Gasteiger partial charge < -0.3 is 9.64 Å². The van der Waals surface area contributed by atoms with E-state index >= 15 is 0 Å².